The first kappa shape index (κ1) is 13.8. The monoisotopic (exact) mass is 287 g/mol. The Morgan fingerprint density at radius 3 is 2.65 bits per heavy atom. The van der Waals surface area contributed by atoms with Crippen molar-refractivity contribution in [3.8, 4) is 0 Å². The highest BCUT2D eigenvalue weighted by Gasteiger charge is 2.37. The van der Waals surface area contributed by atoms with Crippen LogP contribution in [0.25, 0.3) is 0 Å². The minimum Gasteiger partial charge on any atom is -0.318 e. The Hall–Kier alpha value is -2.65. The summed E-state index contributed by atoms with van der Waals surface area (Å²) < 4.78 is 38.0. The number of pyridine rings is 1. The van der Waals surface area contributed by atoms with Gasteiger partial charge in [0.05, 0.1) is 0 Å². The maximum atomic E-state index is 12.4. The molecular weight excluding hydrogens is 279 g/mol. The van der Waals surface area contributed by atoms with Gasteiger partial charge in [-0.3, -0.25) is 14.9 Å². The summed E-state index contributed by atoms with van der Waals surface area (Å²) in [6.07, 6.45) is -4.71. The van der Waals surface area contributed by atoms with Crippen LogP contribution < -0.4 is 10.9 Å². The van der Waals surface area contributed by atoms with E-state index in [-0.39, 0.29) is 11.6 Å². The summed E-state index contributed by atoms with van der Waals surface area (Å²) in [6, 6.07) is 3.84. The number of rotatable bonds is 2. The number of aromatic amines is 1. The molecule has 0 bridgehead atoms. The van der Waals surface area contributed by atoms with Crippen molar-refractivity contribution < 1.29 is 18.0 Å². The number of carbonyl (C=O) groups is 1. The van der Waals surface area contributed by atoms with E-state index in [0.717, 1.165) is 4.68 Å². The highest BCUT2D eigenvalue weighted by molar-refractivity contribution is 6.01. The van der Waals surface area contributed by atoms with Gasteiger partial charge in [-0.15, -0.1) is 5.10 Å². The molecule has 1 amide bonds. The van der Waals surface area contributed by atoms with Crippen LogP contribution in [0.5, 0.6) is 0 Å². The lowest BCUT2D eigenvalue weighted by Crippen LogP contribution is -2.19. The molecule has 2 aromatic rings. The van der Waals surface area contributed by atoms with E-state index in [1.54, 1.807) is 0 Å². The van der Waals surface area contributed by atoms with Crippen molar-refractivity contribution in [2.45, 2.75) is 6.18 Å². The Labute approximate surface area is 109 Å². The molecule has 10 heteroatoms. The molecule has 0 aromatic carbocycles. The molecule has 2 aromatic heterocycles. The van der Waals surface area contributed by atoms with Gasteiger partial charge in [0.1, 0.15) is 5.69 Å². The molecule has 0 unspecified atom stereocenters. The second-order valence-electron chi connectivity index (χ2n) is 3.76. The number of alkyl halides is 3. The number of hydrogen-bond acceptors (Lipinski definition) is 4. The van der Waals surface area contributed by atoms with Crippen molar-refractivity contribution in [1.82, 2.24) is 19.7 Å². The number of aryl methyl sites for hydroxylation is 1. The van der Waals surface area contributed by atoms with Gasteiger partial charge in [-0.25, -0.2) is 4.68 Å². The third kappa shape index (κ3) is 2.84. The number of hydrogen-bond donors (Lipinski definition) is 2. The molecule has 0 saturated carbocycles. The standard InChI is InChI=1S/C10H8F3N5O2/c1-18-9(16-8(17-18)10(11,12)13)15-7(20)5-3-2-4-6(19)14-5/h2-4H,1H3,(H,14,19)(H,15,16,17,20). The lowest BCUT2D eigenvalue weighted by atomic mass is 10.3. The quantitative estimate of drug-likeness (QED) is 0.853. The van der Waals surface area contributed by atoms with Crippen LogP contribution in [0.4, 0.5) is 19.1 Å². The normalized spacial score (nSPS) is 11.4. The number of halogens is 3. The molecule has 0 atom stereocenters. The number of aromatic nitrogens is 4. The Bertz CT molecular complexity index is 703. The Morgan fingerprint density at radius 1 is 1.40 bits per heavy atom. The predicted molar refractivity (Wildman–Crippen MR) is 61.0 cm³/mol. The molecule has 0 fully saturated rings. The van der Waals surface area contributed by atoms with Gasteiger partial charge in [0, 0.05) is 13.1 Å². The second-order valence-corrected chi connectivity index (χ2v) is 3.76. The number of amides is 1. The SMILES string of the molecule is Cn1nc(C(F)(F)F)nc1NC(=O)c1cccc(=O)[nH]1. The summed E-state index contributed by atoms with van der Waals surface area (Å²) >= 11 is 0. The molecule has 2 N–H and O–H groups in total. The number of nitrogens with zero attached hydrogens (tertiary/aromatic N) is 3. The zero-order valence-corrected chi connectivity index (χ0v) is 10.0. The molecule has 7 nitrogen and oxygen atoms in total. The molecule has 106 valence electrons. The van der Waals surface area contributed by atoms with E-state index in [0.29, 0.717) is 0 Å². The van der Waals surface area contributed by atoms with Crippen LogP contribution in [0.3, 0.4) is 0 Å². The highest BCUT2D eigenvalue weighted by atomic mass is 19.4. The van der Waals surface area contributed by atoms with Gasteiger partial charge in [-0.2, -0.15) is 18.2 Å². The fraction of sp³-hybridized carbons (Fsp3) is 0.200. The Kier molecular flexibility index (Phi) is 3.30. The molecular formula is C10H8F3N5O2. The lowest BCUT2D eigenvalue weighted by molar-refractivity contribution is -0.144. The lowest BCUT2D eigenvalue weighted by Gasteiger charge is -2.02. The average molecular weight is 287 g/mol. The van der Waals surface area contributed by atoms with E-state index in [9.17, 15) is 22.8 Å². The van der Waals surface area contributed by atoms with Crippen molar-refractivity contribution in [2.75, 3.05) is 5.32 Å². The third-order valence-electron chi connectivity index (χ3n) is 2.25. The van der Waals surface area contributed by atoms with Gasteiger partial charge in [0.2, 0.25) is 11.5 Å². The van der Waals surface area contributed by atoms with E-state index < -0.39 is 23.5 Å². The highest BCUT2D eigenvalue weighted by Crippen LogP contribution is 2.26. The first-order valence-corrected chi connectivity index (χ1v) is 5.26. The molecule has 0 spiro atoms. The van der Waals surface area contributed by atoms with Crippen molar-refractivity contribution in [3.05, 3.63) is 40.1 Å². The van der Waals surface area contributed by atoms with Crippen molar-refractivity contribution >= 4 is 11.9 Å². The number of carbonyl (C=O) groups excluding carboxylic acids is 1. The smallest absolute Gasteiger partial charge is 0.318 e. The maximum Gasteiger partial charge on any atom is 0.453 e. The molecule has 0 saturated heterocycles. The van der Waals surface area contributed by atoms with Crippen LogP contribution in [0.2, 0.25) is 0 Å². The fourth-order valence-corrected chi connectivity index (χ4v) is 1.36. The molecule has 2 rings (SSSR count). The predicted octanol–water partition coefficient (Wildman–Crippen LogP) is 0.774. The second kappa shape index (κ2) is 4.79. The number of H-pyrrole nitrogens is 1. The zero-order valence-electron chi connectivity index (χ0n) is 10.0. The van der Waals surface area contributed by atoms with Gasteiger partial charge < -0.3 is 4.98 Å². The Balaban J connectivity index is 2.24. The number of nitrogens with one attached hydrogen (secondary N) is 2. The summed E-state index contributed by atoms with van der Waals surface area (Å²) in [7, 11) is 1.20. The van der Waals surface area contributed by atoms with Crippen molar-refractivity contribution in [3.63, 3.8) is 0 Å². The van der Waals surface area contributed by atoms with Crippen LogP contribution in [-0.4, -0.2) is 25.7 Å². The van der Waals surface area contributed by atoms with Crippen molar-refractivity contribution in [1.29, 1.82) is 0 Å². The van der Waals surface area contributed by atoms with Gasteiger partial charge in [0.25, 0.3) is 11.7 Å². The third-order valence-corrected chi connectivity index (χ3v) is 2.25. The van der Waals surface area contributed by atoms with Crippen molar-refractivity contribution in [2.24, 2.45) is 7.05 Å². The van der Waals surface area contributed by atoms with Crippen LogP contribution in [0.1, 0.15) is 16.3 Å². The largest absolute Gasteiger partial charge is 0.453 e. The minimum atomic E-state index is -4.71. The first-order valence-electron chi connectivity index (χ1n) is 5.26. The fourth-order valence-electron chi connectivity index (χ4n) is 1.36. The van der Waals surface area contributed by atoms with E-state index in [4.69, 9.17) is 0 Å². The Morgan fingerprint density at radius 2 is 2.10 bits per heavy atom. The van der Waals surface area contributed by atoms with Crippen LogP contribution in [0.15, 0.2) is 23.0 Å². The van der Waals surface area contributed by atoms with E-state index in [1.165, 1.54) is 25.2 Å². The first-order chi connectivity index (χ1) is 9.27. The summed E-state index contributed by atoms with van der Waals surface area (Å²) in [4.78, 5) is 28.2. The van der Waals surface area contributed by atoms with Crippen LogP contribution in [-0.2, 0) is 13.2 Å². The minimum absolute atomic E-state index is 0.103. The zero-order chi connectivity index (χ0) is 14.9. The van der Waals surface area contributed by atoms with Crippen LogP contribution >= 0.6 is 0 Å². The van der Waals surface area contributed by atoms with E-state index >= 15 is 0 Å². The van der Waals surface area contributed by atoms with E-state index in [1.807, 2.05) is 0 Å². The molecule has 0 aliphatic heterocycles. The van der Waals surface area contributed by atoms with E-state index in [2.05, 4.69) is 20.4 Å². The molecule has 0 aliphatic carbocycles. The summed E-state index contributed by atoms with van der Waals surface area (Å²) in [5.74, 6) is -2.55. The van der Waals surface area contributed by atoms with Gasteiger partial charge in [-0.05, 0) is 6.07 Å². The molecule has 2 heterocycles. The van der Waals surface area contributed by atoms with Gasteiger partial charge in [-0.1, -0.05) is 6.07 Å². The van der Waals surface area contributed by atoms with Gasteiger partial charge in [0.15, 0.2) is 0 Å². The summed E-state index contributed by atoms with van der Waals surface area (Å²) in [6.45, 7) is 0. The summed E-state index contributed by atoms with van der Waals surface area (Å²) in [5, 5.41) is 5.27. The summed E-state index contributed by atoms with van der Waals surface area (Å²) in [5.41, 5.74) is -0.611. The maximum absolute atomic E-state index is 12.4. The van der Waals surface area contributed by atoms with Gasteiger partial charge >= 0.3 is 6.18 Å². The number of anilines is 1. The average Bonchev–Trinajstić information content (AvgIpc) is 2.71. The molecule has 0 aliphatic rings. The van der Waals surface area contributed by atoms with Crippen LogP contribution in [0, 0.1) is 0 Å². The molecule has 20 heavy (non-hydrogen) atoms. The topological polar surface area (TPSA) is 92.7 Å². The molecule has 0 radical (unpaired) electrons.